The number of anilines is 1. The van der Waals surface area contributed by atoms with Crippen molar-refractivity contribution in [1.29, 1.82) is 0 Å². The Balaban J connectivity index is 1.33. The highest BCUT2D eigenvalue weighted by molar-refractivity contribution is 8.01. The number of thiazole rings is 1. The van der Waals surface area contributed by atoms with Gasteiger partial charge in [0.2, 0.25) is 0 Å². The molecule has 192 valence electrons. The number of nitrogens with one attached hydrogen (secondary N) is 1. The second kappa shape index (κ2) is 10.7. The Kier molecular flexibility index (Phi) is 7.41. The maximum Gasteiger partial charge on any atom is 0.258 e. The third kappa shape index (κ3) is 5.18. The fraction of sp³-hybridized carbons (Fsp3) is 0.296. The predicted octanol–water partition coefficient (Wildman–Crippen LogP) is 5.91. The van der Waals surface area contributed by atoms with Crippen molar-refractivity contribution in [2.24, 2.45) is 0 Å². The summed E-state index contributed by atoms with van der Waals surface area (Å²) < 4.78 is 6.54. The molecule has 0 spiro atoms. The van der Waals surface area contributed by atoms with Crippen LogP contribution in [0.1, 0.15) is 39.1 Å². The van der Waals surface area contributed by atoms with Crippen LogP contribution in [0.2, 0.25) is 0 Å². The van der Waals surface area contributed by atoms with Gasteiger partial charge in [-0.2, -0.15) is 11.3 Å². The average Bonchev–Trinajstić information content (AvgIpc) is 3.64. The molecular formula is C27H28N4O3S3. The molecule has 3 aromatic rings. The van der Waals surface area contributed by atoms with Crippen molar-refractivity contribution in [2.75, 3.05) is 25.5 Å². The Morgan fingerprint density at radius 2 is 2.03 bits per heavy atom. The molecule has 2 aliphatic rings. The van der Waals surface area contributed by atoms with E-state index >= 15 is 0 Å². The summed E-state index contributed by atoms with van der Waals surface area (Å²) in [5.74, 6) is 0.379. The number of hydrogen-bond acceptors (Lipinski definition) is 8. The number of likely N-dealkylation sites (tertiary alicyclic amines) is 1. The van der Waals surface area contributed by atoms with Crippen molar-refractivity contribution in [2.45, 2.75) is 41.0 Å². The second-order valence-electron chi connectivity index (χ2n) is 9.07. The lowest BCUT2D eigenvalue weighted by Crippen LogP contribution is -2.54. The van der Waals surface area contributed by atoms with Gasteiger partial charge in [-0.1, -0.05) is 36.3 Å². The lowest BCUT2D eigenvalue weighted by molar-refractivity contribution is 0.0546. The minimum atomic E-state index is -0.175. The van der Waals surface area contributed by atoms with E-state index in [9.17, 15) is 9.59 Å². The smallest absolute Gasteiger partial charge is 0.258 e. The van der Waals surface area contributed by atoms with Crippen molar-refractivity contribution in [3.63, 3.8) is 0 Å². The maximum absolute atomic E-state index is 13.7. The summed E-state index contributed by atoms with van der Waals surface area (Å²) >= 11 is 4.41. The van der Waals surface area contributed by atoms with Gasteiger partial charge in [0.25, 0.3) is 11.8 Å². The first kappa shape index (κ1) is 25.6. The molecule has 2 aromatic heterocycles. The molecule has 2 fully saturated rings. The molecule has 2 saturated heterocycles. The monoisotopic (exact) mass is 552 g/mol. The number of rotatable bonds is 8. The number of ether oxygens (including phenoxy) is 1. The van der Waals surface area contributed by atoms with Gasteiger partial charge in [-0.15, -0.1) is 0 Å². The fourth-order valence-electron chi connectivity index (χ4n) is 4.96. The number of benzene rings is 1. The van der Waals surface area contributed by atoms with Gasteiger partial charge in [-0.25, -0.2) is 4.98 Å². The van der Waals surface area contributed by atoms with E-state index < -0.39 is 0 Å². The summed E-state index contributed by atoms with van der Waals surface area (Å²) in [5, 5.41) is 7.06. The van der Waals surface area contributed by atoms with Gasteiger partial charge in [0.15, 0.2) is 5.13 Å². The van der Waals surface area contributed by atoms with Gasteiger partial charge in [-0.05, 0) is 55.0 Å². The first-order valence-electron chi connectivity index (χ1n) is 11.9. The Morgan fingerprint density at radius 1 is 1.27 bits per heavy atom. The number of fused-ring (bicyclic) bond motifs is 2. The van der Waals surface area contributed by atoms with Gasteiger partial charge in [0.1, 0.15) is 5.75 Å². The van der Waals surface area contributed by atoms with Crippen LogP contribution in [0.15, 0.2) is 69.2 Å². The lowest BCUT2D eigenvalue weighted by Gasteiger charge is -2.42. The molecule has 2 atom stereocenters. The Morgan fingerprint density at radius 3 is 2.68 bits per heavy atom. The highest BCUT2D eigenvalue weighted by Crippen LogP contribution is 2.39. The molecule has 0 saturated carbocycles. The molecule has 5 rings (SSSR count). The number of piperazine rings is 1. The standard InChI is InChI=1S/C27H28N4O3S3/c1-5-17(3)31-19-6-7-20(31)14-30(13-19)26(33)21-11-23(16(2)10-22(21)34-4)36-24-12-28-27(37-24)29-25(32)18-8-9-35-15-18/h5,8-12,15,19-20H,1,3,6-7,13-14H2,2,4H3,(H,28,29,32)/t19-,20+. The summed E-state index contributed by atoms with van der Waals surface area (Å²) in [6, 6.07) is 6.14. The van der Waals surface area contributed by atoms with Crippen LogP contribution < -0.4 is 10.1 Å². The molecule has 1 aromatic carbocycles. The summed E-state index contributed by atoms with van der Waals surface area (Å²) in [6.07, 6.45) is 5.63. The van der Waals surface area contributed by atoms with E-state index in [0.717, 1.165) is 33.2 Å². The number of nitrogens with zero attached hydrogens (tertiary/aromatic N) is 3. The highest BCUT2D eigenvalue weighted by atomic mass is 32.2. The molecule has 0 aliphatic carbocycles. The van der Waals surface area contributed by atoms with Crippen LogP contribution in [-0.2, 0) is 0 Å². The third-order valence-corrected chi connectivity index (χ3v) is 9.62. The molecule has 1 N–H and O–H groups in total. The van der Waals surface area contributed by atoms with Crippen molar-refractivity contribution < 1.29 is 14.3 Å². The number of hydrogen-bond donors (Lipinski definition) is 1. The average molecular weight is 553 g/mol. The largest absolute Gasteiger partial charge is 0.496 e. The summed E-state index contributed by atoms with van der Waals surface area (Å²) in [6.45, 7) is 11.3. The van der Waals surface area contributed by atoms with Gasteiger partial charge in [-0.3, -0.25) is 14.9 Å². The number of aryl methyl sites for hydroxylation is 1. The van der Waals surface area contributed by atoms with E-state index in [0.29, 0.717) is 35.1 Å². The molecule has 0 radical (unpaired) electrons. The minimum Gasteiger partial charge on any atom is -0.496 e. The molecule has 2 amide bonds. The Bertz CT molecular complexity index is 1340. The number of allylic oxidation sites excluding steroid dienone is 1. The van der Waals surface area contributed by atoms with Crippen LogP contribution in [0.25, 0.3) is 0 Å². The van der Waals surface area contributed by atoms with Gasteiger partial charge < -0.3 is 14.5 Å². The molecule has 7 nitrogen and oxygen atoms in total. The molecule has 0 unspecified atom stereocenters. The van der Waals surface area contributed by atoms with Crippen molar-refractivity contribution >= 4 is 51.4 Å². The van der Waals surface area contributed by atoms with E-state index in [4.69, 9.17) is 4.74 Å². The molecule has 10 heteroatoms. The molecule has 37 heavy (non-hydrogen) atoms. The number of carbonyl (C=O) groups is 2. The zero-order valence-corrected chi connectivity index (χ0v) is 23.2. The zero-order chi connectivity index (χ0) is 26.1. The van der Waals surface area contributed by atoms with Crippen LogP contribution in [0.3, 0.4) is 0 Å². The van der Waals surface area contributed by atoms with Crippen molar-refractivity contribution in [3.05, 3.63) is 76.8 Å². The minimum absolute atomic E-state index is 0.0208. The van der Waals surface area contributed by atoms with E-state index in [2.05, 4.69) is 28.4 Å². The van der Waals surface area contributed by atoms with Gasteiger partial charge in [0.05, 0.1) is 28.6 Å². The quantitative estimate of drug-likeness (QED) is 0.350. The molecular weight excluding hydrogens is 525 g/mol. The van der Waals surface area contributed by atoms with Crippen LogP contribution in [0.5, 0.6) is 5.75 Å². The first-order chi connectivity index (χ1) is 17.9. The normalized spacial score (nSPS) is 18.5. The van der Waals surface area contributed by atoms with Crippen LogP contribution in [0.4, 0.5) is 5.13 Å². The number of aromatic nitrogens is 1. The van der Waals surface area contributed by atoms with Crippen LogP contribution in [0, 0.1) is 6.92 Å². The number of methoxy groups -OCH3 is 1. The summed E-state index contributed by atoms with van der Waals surface area (Å²) in [4.78, 5) is 35.6. The molecule has 4 heterocycles. The number of amides is 2. The summed E-state index contributed by atoms with van der Waals surface area (Å²) in [5.41, 5.74) is 3.11. The fourth-order valence-corrected chi connectivity index (χ4v) is 7.53. The number of carbonyl (C=O) groups excluding carboxylic acids is 2. The topological polar surface area (TPSA) is 74.8 Å². The molecule has 2 aliphatic heterocycles. The van der Waals surface area contributed by atoms with Crippen molar-refractivity contribution in [3.8, 4) is 5.75 Å². The second-order valence-corrected chi connectivity index (χ2v) is 12.2. The Labute approximate surface area is 228 Å². The van der Waals surface area contributed by atoms with Crippen molar-refractivity contribution in [1.82, 2.24) is 14.8 Å². The maximum atomic E-state index is 13.7. The van der Waals surface area contributed by atoms with E-state index in [-0.39, 0.29) is 23.9 Å². The van der Waals surface area contributed by atoms with Gasteiger partial charge in [0, 0.05) is 41.1 Å². The zero-order valence-electron chi connectivity index (χ0n) is 20.7. The van der Waals surface area contributed by atoms with E-state index in [1.165, 1.54) is 34.4 Å². The first-order valence-corrected chi connectivity index (χ1v) is 14.5. The van der Waals surface area contributed by atoms with E-state index in [1.54, 1.807) is 30.8 Å². The SMILES string of the molecule is C=CC(=C)N1[C@@H]2CC[C@H]1CN(C(=O)c1cc(Sc3cnc(NC(=O)c4ccsc4)s3)c(C)cc1OC)C2. The van der Waals surface area contributed by atoms with Crippen LogP contribution >= 0.6 is 34.4 Å². The van der Waals surface area contributed by atoms with Crippen LogP contribution in [-0.4, -0.2) is 58.9 Å². The Hall–Kier alpha value is -3.08. The van der Waals surface area contributed by atoms with Gasteiger partial charge >= 0.3 is 0 Å². The predicted molar refractivity (Wildman–Crippen MR) is 150 cm³/mol. The highest BCUT2D eigenvalue weighted by Gasteiger charge is 2.41. The number of thiophene rings is 1. The summed E-state index contributed by atoms with van der Waals surface area (Å²) in [7, 11) is 1.60. The van der Waals surface area contributed by atoms with E-state index in [1.807, 2.05) is 29.3 Å². The third-order valence-electron chi connectivity index (χ3n) is 6.76. The lowest BCUT2D eigenvalue weighted by atomic mass is 10.1. The molecule has 2 bridgehead atoms.